The van der Waals surface area contributed by atoms with E-state index >= 15 is 0 Å². The number of hydrogen-bond donors (Lipinski definition) is 2. The Morgan fingerprint density at radius 3 is 2.57 bits per heavy atom. The van der Waals surface area contributed by atoms with Gasteiger partial charge >= 0.3 is 6.01 Å². The molecule has 108 valence electrons. The highest BCUT2D eigenvalue weighted by Gasteiger charge is 2.23. The predicted molar refractivity (Wildman–Crippen MR) is 76.7 cm³/mol. The normalized spacial score (nSPS) is 13.8. The lowest BCUT2D eigenvalue weighted by Crippen LogP contribution is -2.25. The standard InChI is InChI=1S/C14H15N5O2/c1-21-14-18-11(17-13(15)19-14)8-2-4-9(5-3-8)12(20)16-10-6-7-10/h2-5,10H,6-7H2,1H3,(H,16,20)(H2,15,17,18,19). The van der Waals surface area contributed by atoms with Crippen LogP contribution in [0.5, 0.6) is 6.01 Å². The van der Waals surface area contributed by atoms with Crippen LogP contribution in [-0.2, 0) is 0 Å². The summed E-state index contributed by atoms with van der Waals surface area (Å²) in [6.07, 6.45) is 2.13. The molecular weight excluding hydrogens is 270 g/mol. The van der Waals surface area contributed by atoms with E-state index in [0.717, 1.165) is 18.4 Å². The van der Waals surface area contributed by atoms with Crippen molar-refractivity contribution in [3.8, 4) is 17.4 Å². The third kappa shape index (κ3) is 3.07. The summed E-state index contributed by atoms with van der Waals surface area (Å²) in [6, 6.07) is 7.52. The van der Waals surface area contributed by atoms with E-state index in [4.69, 9.17) is 10.5 Å². The van der Waals surface area contributed by atoms with Crippen molar-refractivity contribution in [3.63, 3.8) is 0 Å². The maximum absolute atomic E-state index is 11.9. The van der Waals surface area contributed by atoms with Gasteiger partial charge in [0, 0.05) is 17.2 Å². The lowest BCUT2D eigenvalue weighted by atomic mass is 10.1. The number of hydrogen-bond acceptors (Lipinski definition) is 6. The number of nitrogens with one attached hydrogen (secondary N) is 1. The second-order valence-electron chi connectivity index (χ2n) is 4.83. The molecular formula is C14H15N5O2. The van der Waals surface area contributed by atoms with E-state index in [0.29, 0.717) is 17.4 Å². The van der Waals surface area contributed by atoms with Crippen LogP contribution in [0.25, 0.3) is 11.4 Å². The van der Waals surface area contributed by atoms with Gasteiger partial charge in [-0.15, -0.1) is 0 Å². The van der Waals surface area contributed by atoms with Crippen molar-refractivity contribution < 1.29 is 9.53 Å². The van der Waals surface area contributed by atoms with Crippen LogP contribution in [-0.4, -0.2) is 34.0 Å². The van der Waals surface area contributed by atoms with E-state index in [1.807, 2.05) is 0 Å². The van der Waals surface area contributed by atoms with Crippen LogP contribution >= 0.6 is 0 Å². The molecule has 21 heavy (non-hydrogen) atoms. The molecule has 1 fully saturated rings. The minimum absolute atomic E-state index is 0.0585. The Labute approximate surface area is 121 Å². The molecule has 0 atom stereocenters. The van der Waals surface area contributed by atoms with Crippen molar-refractivity contribution in [2.24, 2.45) is 0 Å². The molecule has 1 aromatic carbocycles. The van der Waals surface area contributed by atoms with Crippen LogP contribution in [0.1, 0.15) is 23.2 Å². The number of benzene rings is 1. The molecule has 0 saturated heterocycles. The lowest BCUT2D eigenvalue weighted by Gasteiger charge is -2.06. The van der Waals surface area contributed by atoms with Gasteiger partial charge in [0.05, 0.1) is 7.11 Å². The van der Waals surface area contributed by atoms with Crippen molar-refractivity contribution in [3.05, 3.63) is 29.8 Å². The Balaban J connectivity index is 1.82. The van der Waals surface area contributed by atoms with Crippen molar-refractivity contribution >= 4 is 11.9 Å². The Bertz CT molecular complexity index is 668. The van der Waals surface area contributed by atoms with Crippen LogP contribution in [0.2, 0.25) is 0 Å². The topological polar surface area (TPSA) is 103 Å². The van der Waals surface area contributed by atoms with Crippen molar-refractivity contribution in [2.75, 3.05) is 12.8 Å². The van der Waals surface area contributed by atoms with Gasteiger partial charge in [0.2, 0.25) is 5.95 Å². The maximum atomic E-state index is 11.9. The van der Waals surface area contributed by atoms with Gasteiger partial charge in [0.1, 0.15) is 0 Å². The maximum Gasteiger partial charge on any atom is 0.321 e. The Morgan fingerprint density at radius 2 is 1.95 bits per heavy atom. The third-order valence-electron chi connectivity index (χ3n) is 3.13. The molecule has 1 heterocycles. The van der Waals surface area contributed by atoms with Gasteiger partial charge in [-0.3, -0.25) is 4.79 Å². The fraction of sp³-hybridized carbons (Fsp3) is 0.286. The third-order valence-corrected chi connectivity index (χ3v) is 3.13. The number of carbonyl (C=O) groups is 1. The molecule has 3 rings (SSSR count). The number of rotatable bonds is 4. The monoisotopic (exact) mass is 285 g/mol. The van der Waals surface area contributed by atoms with Crippen LogP contribution in [0.15, 0.2) is 24.3 Å². The Morgan fingerprint density at radius 1 is 1.24 bits per heavy atom. The molecule has 1 aliphatic carbocycles. The van der Waals surface area contributed by atoms with E-state index < -0.39 is 0 Å². The number of aromatic nitrogens is 3. The van der Waals surface area contributed by atoms with E-state index in [9.17, 15) is 4.79 Å². The molecule has 1 aliphatic rings. The number of anilines is 1. The van der Waals surface area contributed by atoms with E-state index in [2.05, 4.69) is 20.3 Å². The quantitative estimate of drug-likeness (QED) is 0.869. The van der Waals surface area contributed by atoms with Crippen LogP contribution in [0, 0.1) is 0 Å². The number of amides is 1. The van der Waals surface area contributed by atoms with E-state index in [1.165, 1.54) is 7.11 Å². The summed E-state index contributed by atoms with van der Waals surface area (Å²) >= 11 is 0. The average molecular weight is 285 g/mol. The van der Waals surface area contributed by atoms with Gasteiger partial charge in [-0.1, -0.05) is 12.1 Å². The molecule has 0 bridgehead atoms. The molecule has 7 heteroatoms. The van der Waals surface area contributed by atoms with Gasteiger partial charge in [0.15, 0.2) is 5.82 Å². The summed E-state index contributed by atoms with van der Waals surface area (Å²) in [7, 11) is 1.46. The Hall–Kier alpha value is -2.70. The molecule has 0 unspecified atom stereocenters. The summed E-state index contributed by atoms with van der Waals surface area (Å²) in [6.45, 7) is 0. The van der Waals surface area contributed by atoms with Gasteiger partial charge in [-0.25, -0.2) is 0 Å². The van der Waals surface area contributed by atoms with Crippen molar-refractivity contribution in [2.45, 2.75) is 18.9 Å². The fourth-order valence-electron chi connectivity index (χ4n) is 1.86. The SMILES string of the molecule is COc1nc(N)nc(-c2ccc(C(=O)NC3CC3)cc2)n1. The predicted octanol–water partition coefficient (Wildman–Crippen LogP) is 1.02. The molecule has 0 radical (unpaired) electrons. The fourth-order valence-corrected chi connectivity index (χ4v) is 1.86. The summed E-state index contributed by atoms with van der Waals surface area (Å²) in [5.74, 6) is 0.442. The minimum Gasteiger partial charge on any atom is -0.467 e. The highest BCUT2D eigenvalue weighted by atomic mass is 16.5. The van der Waals surface area contributed by atoms with Crippen molar-refractivity contribution in [1.82, 2.24) is 20.3 Å². The average Bonchev–Trinajstić information content (AvgIpc) is 3.30. The molecule has 1 aromatic heterocycles. The van der Waals surface area contributed by atoms with Gasteiger partial charge in [-0.2, -0.15) is 15.0 Å². The molecule has 3 N–H and O–H groups in total. The van der Waals surface area contributed by atoms with Crippen LogP contribution < -0.4 is 15.8 Å². The number of methoxy groups -OCH3 is 1. The zero-order valence-electron chi connectivity index (χ0n) is 11.5. The minimum atomic E-state index is -0.0585. The molecule has 0 aliphatic heterocycles. The summed E-state index contributed by atoms with van der Waals surface area (Å²) in [5, 5.41) is 2.94. The second kappa shape index (κ2) is 5.35. The first kappa shape index (κ1) is 13.3. The summed E-state index contributed by atoms with van der Waals surface area (Å²) < 4.78 is 4.96. The van der Waals surface area contributed by atoms with Gasteiger partial charge in [0.25, 0.3) is 5.91 Å². The second-order valence-corrected chi connectivity index (χ2v) is 4.83. The lowest BCUT2D eigenvalue weighted by molar-refractivity contribution is 0.0951. The number of ether oxygens (including phenoxy) is 1. The number of nitrogens with two attached hydrogens (primary N) is 1. The molecule has 0 spiro atoms. The highest BCUT2D eigenvalue weighted by Crippen LogP contribution is 2.21. The molecule has 1 saturated carbocycles. The molecule has 2 aromatic rings. The first-order chi connectivity index (χ1) is 10.2. The van der Waals surface area contributed by atoms with E-state index in [1.54, 1.807) is 24.3 Å². The van der Waals surface area contributed by atoms with Gasteiger partial charge < -0.3 is 15.8 Å². The first-order valence-corrected chi connectivity index (χ1v) is 6.62. The summed E-state index contributed by atoms with van der Waals surface area (Å²) in [4.78, 5) is 23.9. The molecule has 7 nitrogen and oxygen atoms in total. The Kier molecular flexibility index (Phi) is 3.39. The number of nitrogen functional groups attached to an aromatic ring is 1. The number of nitrogens with zero attached hydrogens (tertiary/aromatic N) is 3. The molecule has 1 amide bonds. The smallest absolute Gasteiger partial charge is 0.321 e. The zero-order chi connectivity index (χ0) is 14.8. The van der Waals surface area contributed by atoms with Crippen LogP contribution in [0.3, 0.4) is 0 Å². The highest BCUT2D eigenvalue weighted by molar-refractivity contribution is 5.94. The number of carbonyl (C=O) groups excluding carboxylic acids is 1. The van der Waals surface area contributed by atoms with Gasteiger partial charge in [-0.05, 0) is 25.0 Å². The van der Waals surface area contributed by atoms with E-state index in [-0.39, 0.29) is 17.9 Å². The zero-order valence-corrected chi connectivity index (χ0v) is 11.5. The largest absolute Gasteiger partial charge is 0.467 e. The van der Waals surface area contributed by atoms with Crippen molar-refractivity contribution in [1.29, 1.82) is 0 Å². The summed E-state index contributed by atoms with van der Waals surface area (Å²) in [5.41, 5.74) is 6.96. The van der Waals surface area contributed by atoms with Crippen LogP contribution in [0.4, 0.5) is 5.95 Å². The first-order valence-electron chi connectivity index (χ1n) is 6.62.